The Balaban J connectivity index is 1.44. The molecule has 0 unspecified atom stereocenters. The van der Waals surface area contributed by atoms with E-state index in [4.69, 9.17) is 4.74 Å². The highest BCUT2D eigenvalue weighted by atomic mass is 32.2. The van der Waals surface area contributed by atoms with E-state index in [1.807, 2.05) is 0 Å². The molecular formula is C22H19F2N11O2S. The Morgan fingerprint density at radius 3 is 3.03 bits per heavy atom. The predicted octanol–water partition coefficient (Wildman–Crippen LogP) is 2.54. The topological polar surface area (TPSA) is 142 Å². The van der Waals surface area contributed by atoms with Gasteiger partial charge in [0, 0.05) is 47.4 Å². The lowest BCUT2D eigenvalue weighted by Gasteiger charge is -2.20. The first-order valence-electron chi connectivity index (χ1n) is 11.3. The number of benzene rings is 1. The van der Waals surface area contributed by atoms with E-state index in [1.54, 1.807) is 49.5 Å². The number of carbonyl (C=O) groups is 1. The van der Waals surface area contributed by atoms with Gasteiger partial charge < -0.3 is 15.4 Å². The molecule has 2 N–H and O–H groups in total. The summed E-state index contributed by atoms with van der Waals surface area (Å²) < 4.78 is 34.7. The number of hydrogen-bond acceptors (Lipinski definition) is 10. The number of halogens is 2. The maximum atomic E-state index is 13.4. The lowest BCUT2D eigenvalue weighted by Crippen LogP contribution is -2.13. The van der Waals surface area contributed by atoms with E-state index in [0.717, 1.165) is 10.6 Å². The highest BCUT2D eigenvalue weighted by Gasteiger charge is 2.24. The van der Waals surface area contributed by atoms with E-state index in [2.05, 4.69) is 41.2 Å². The Hall–Kier alpha value is -4.60. The van der Waals surface area contributed by atoms with Crippen molar-refractivity contribution in [3.63, 3.8) is 0 Å². The van der Waals surface area contributed by atoms with Gasteiger partial charge in [-0.05, 0) is 17.3 Å². The summed E-state index contributed by atoms with van der Waals surface area (Å²) in [7, 11) is 1.63. The first-order chi connectivity index (χ1) is 18.4. The second-order valence-electron chi connectivity index (χ2n) is 8.18. The molecule has 1 aromatic carbocycles. The van der Waals surface area contributed by atoms with Crippen molar-refractivity contribution < 1.29 is 18.3 Å². The number of nitrogens with zero attached hydrogens (tertiary/aromatic N) is 9. The maximum Gasteiger partial charge on any atom is 0.387 e. The molecule has 0 aliphatic carbocycles. The average molecular weight is 540 g/mol. The van der Waals surface area contributed by atoms with Crippen LogP contribution in [0.3, 0.4) is 0 Å². The Kier molecular flexibility index (Phi) is 6.07. The lowest BCUT2D eigenvalue weighted by atomic mass is 10.1. The SMILES string of the molecule is Cn1nnc(Cn2cc(NC(=O)c3cnn4cccnc34)c(-c3cc4c(cc3OC(F)F)NCCS4)n2)n1. The number of ether oxygens (including phenoxy) is 1. The summed E-state index contributed by atoms with van der Waals surface area (Å²) >= 11 is 1.58. The summed E-state index contributed by atoms with van der Waals surface area (Å²) in [4.78, 5) is 19.7. The first kappa shape index (κ1) is 23.8. The van der Waals surface area contributed by atoms with Crippen molar-refractivity contribution in [2.24, 2.45) is 7.05 Å². The third-order valence-electron chi connectivity index (χ3n) is 5.62. The fourth-order valence-corrected chi connectivity index (χ4v) is 4.96. The molecule has 0 spiro atoms. The summed E-state index contributed by atoms with van der Waals surface area (Å²) in [5, 5.41) is 26.7. The van der Waals surface area contributed by atoms with Gasteiger partial charge in [-0.3, -0.25) is 9.48 Å². The second kappa shape index (κ2) is 9.70. The number of thioether (sulfide) groups is 1. The van der Waals surface area contributed by atoms with Gasteiger partial charge in [0.25, 0.3) is 5.91 Å². The molecule has 0 radical (unpaired) electrons. The van der Waals surface area contributed by atoms with Crippen molar-refractivity contribution >= 4 is 34.7 Å². The average Bonchev–Trinajstić information content (AvgIpc) is 3.62. The third kappa shape index (κ3) is 4.60. The zero-order valence-electron chi connectivity index (χ0n) is 19.7. The molecular weight excluding hydrogens is 520 g/mol. The highest BCUT2D eigenvalue weighted by Crippen LogP contribution is 2.43. The zero-order chi connectivity index (χ0) is 26.2. The molecule has 0 atom stereocenters. The van der Waals surface area contributed by atoms with Gasteiger partial charge in [-0.15, -0.1) is 22.0 Å². The number of anilines is 2. The van der Waals surface area contributed by atoms with Crippen molar-refractivity contribution in [1.29, 1.82) is 0 Å². The summed E-state index contributed by atoms with van der Waals surface area (Å²) in [6, 6.07) is 4.94. The summed E-state index contributed by atoms with van der Waals surface area (Å²) in [6.45, 7) is -2.24. The van der Waals surface area contributed by atoms with Crippen LogP contribution in [0.25, 0.3) is 16.9 Å². The Morgan fingerprint density at radius 1 is 1.32 bits per heavy atom. The minimum Gasteiger partial charge on any atom is -0.434 e. The number of alkyl halides is 2. The van der Waals surface area contributed by atoms with Gasteiger partial charge in [-0.1, -0.05) is 0 Å². The van der Waals surface area contributed by atoms with Crippen LogP contribution in [0.2, 0.25) is 0 Å². The van der Waals surface area contributed by atoms with E-state index in [0.29, 0.717) is 29.3 Å². The van der Waals surface area contributed by atoms with Crippen molar-refractivity contribution in [1.82, 2.24) is 44.6 Å². The number of rotatable bonds is 7. The molecule has 5 aromatic rings. The van der Waals surface area contributed by atoms with E-state index in [-0.39, 0.29) is 29.2 Å². The maximum absolute atomic E-state index is 13.4. The van der Waals surface area contributed by atoms with Gasteiger partial charge in [0.05, 0.1) is 24.6 Å². The normalized spacial score (nSPS) is 12.9. The van der Waals surface area contributed by atoms with E-state index in [9.17, 15) is 13.6 Å². The Labute approximate surface area is 217 Å². The van der Waals surface area contributed by atoms with Crippen LogP contribution in [0.1, 0.15) is 16.2 Å². The lowest BCUT2D eigenvalue weighted by molar-refractivity contribution is -0.0494. The summed E-state index contributed by atoms with van der Waals surface area (Å²) in [5.74, 6) is 0.604. The molecule has 0 fully saturated rings. The molecule has 0 saturated heterocycles. The molecule has 0 bridgehead atoms. The van der Waals surface area contributed by atoms with Crippen LogP contribution in [0.15, 0.2) is 47.9 Å². The predicted molar refractivity (Wildman–Crippen MR) is 132 cm³/mol. The Morgan fingerprint density at radius 2 is 2.21 bits per heavy atom. The summed E-state index contributed by atoms with van der Waals surface area (Å²) in [5.41, 5.74) is 2.07. The number of nitrogens with one attached hydrogen (secondary N) is 2. The number of aryl methyl sites for hydroxylation is 1. The van der Waals surface area contributed by atoms with Crippen LogP contribution in [0.5, 0.6) is 5.75 Å². The molecule has 6 rings (SSSR count). The van der Waals surface area contributed by atoms with Crippen LogP contribution in [-0.4, -0.2) is 69.4 Å². The molecule has 16 heteroatoms. The van der Waals surface area contributed by atoms with E-state index >= 15 is 0 Å². The number of aromatic nitrogens is 9. The van der Waals surface area contributed by atoms with Gasteiger partial charge in [0.15, 0.2) is 11.5 Å². The van der Waals surface area contributed by atoms with E-state index in [1.165, 1.54) is 26.3 Å². The van der Waals surface area contributed by atoms with Gasteiger partial charge in [-0.25, -0.2) is 9.50 Å². The molecule has 1 aliphatic heterocycles. The van der Waals surface area contributed by atoms with Crippen LogP contribution in [-0.2, 0) is 13.6 Å². The minimum atomic E-state index is -3.06. The standard InChI is InChI=1S/C22H19F2N11O2S/c1-33-30-18(29-32-33)11-34-10-15(28-21(36)13-9-27-35-5-2-3-26-20(13)35)19(31-34)12-7-17-14(25-4-6-38-17)8-16(12)37-22(23)24/h2-3,5,7-10,22,25H,4,6,11H2,1H3,(H,28,36). The van der Waals surface area contributed by atoms with Crippen LogP contribution in [0.4, 0.5) is 20.2 Å². The van der Waals surface area contributed by atoms with Crippen molar-refractivity contribution in [3.8, 4) is 17.0 Å². The minimum absolute atomic E-state index is 0.0789. The molecule has 0 saturated carbocycles. The molecule has 194 valence electrons. The fourth-order valence-electron chi connectivity index (χ4n) is 4.04. The Bertz CT molecular complexity index is 1650. The van der Waals surface area contributed by atoms with Crippen LogP contribution >= 0.6 is 11.8 Å². The van der Waals surface area contributed by atoms with Gasteiger partial charge in [0.1, 0.15) is 23.6 Å². The van der Waals surface area contributed by atoms with Gasteiger partial charge in [-0.2, -0.15) is 23.8 Å². The smallest absolute Gasteiger partial charge is 0.387 e. The number of amides is 1. The third-order valence-corrected chi connectivity index (χ3v) is 6.67. The highest BCUT2D eigenvalue weighted by molar-refractivity contribution is 7.99. The molecule has 1 aliphatic rings. The van der Waals surface area contributed by atoms with E-state index < -0.39 is 12.5 Å². The number of hydrogen-bond donors (Lipinski definition) is 2. The van der Waals surface area contributed by atoms with Crippen molar-refractivity contribution in [3.05, 3.63) is 54.4 Å². The monoisotopic (exact) mass is 539 g/mol. The first-order valence-corrected chi connectivity index (χ1v) is 12.3. The second-order valence-corrected chi connectivity index (χ2v) is 9.32. The molecule has 5 heterocycles. The van der Waals surface area contributed by atoms with Crippen molar-refractivity contribution in [2.75, 3.05) is 22.9 Å². The zero-order valence-corrected chi connectivity index (χ0v) is 20.6. The quantitative estimate of drug-likeness (QED) is 0.317. The molecule has 4 aromatic heterocycles. The van der Waals surface area contributed by atoms with Crippen LogP contribution < -0.4 is 15.4 Å². The summed E-state index contributed by atoms with van der Waals surface area (Å²) in [6.07, 6.45) is 6.19. The number of tetrazole rings is 1. The van der Waals surface area contributed by atoms with Crippen LogP contribution in [0, 0.1) is 0 Å². The number of carbonyl (C=O) groups excluding carboxylic acids is 1. The fraction of sp³-hybridized carbons (Fsp3) is 0.227. The molecule has 1 amide bonds. The molecule has 38 heavy (non-hydrogen) atoms. The van der Waals surface area contributed by atoms with Crippen molar-refractivity contribution in [2.45, 2.75) is 18.1 Å². The number of fused-ring (bicyclic) bond motifs is 2. The largest absolute Gasteiger partial charge is 0.434 e. The molecule has 13 nitrogen and oxygen atoms in total. The van der Waals surface area contributed by atoms with Gasteiger partial charge in [0.2, 0.25) is 0 Å². The van der Waals surface area contributed by atoms with Gasteiger partial charge >= 0.3 is 6.61 Å².